The van der Waals surface area contributed by atoms with Gasteiger partial charge in [-0.1, -0.05) is 22.6 Å². The fourth-order valence-corrected chi connectivity index (χ4v) is 1.25. The van der Waals surface area contributed by atoms with Crippen LogP contribution in [0.4, 0.5) is 30.7 Å². The van der Waals surface area contributed by atoms with Crippen molar-refractivity contribution in [2.75, 3.05) is 4.43 Å². The molecule has 0 N–H and O–H groups in total. The fourth-order valence-electron chi connectivity index (χ4n) is 0.556. The molecule has 0 aromatic carbocycles. The Bertz CT molecular complexity index is 187. The van der Waals surface area contributed by atoms with Crippen molar-refractivity contribution in [1.82, 2.24) is 0 Å². The van der Waals surface area contributed by atoms with E-state index in [1.54, 1.807) is 0 Å². The van der Waals surface area contributed by atoms with Gasteiger partial charge in [0.15, 0.2) is 0 Å². The molecule has 0 bridgehead atoms. The SMILES string of the molecule is FC(F)(F)O[C@@](F)(CCI)C(F)(F)F. The van der Waals surface area contributed by atoms with Crippen LogP contribution >= 0.6 is 22.6 Å². The first-order chi connectivity index (χ1) is 6.02. The summed E-state index contributed by atoms with van der Waals surface area (Å²) in [5, 5.41) is 0. The monoisotopic (exact) mass is 340 g/mol. The second-order valence-electron chi connectivity index (χ2n) is 2.21. The minimum Gasteiger partial charge on any atom is -0.245 e. The molecule has 86 valence electrons. The Morgan fingerprint density at radius 1 is 0.929 bits per heavy atom. The molecule has 0 aliphatic heterocycles. The molecule has 0 saturated carbocycles. The van der Waals surface area contributed by atoms with E-state index in [2.05, 4.69) is 4.74 Å². The van der Waals surface area contributed by atoms with Crippen LogP contribution in [0.3, 0.4) is 0 Å². The summed E-state index contributed by atoms with van der Waals surface area (Å²) in [4.78, 5) is 0. The zero-order valence-corrected chi connectivity index (χ0v) is 8.50. The molecule has 0 amide bonds. The fraction of sp³-hybridized carbons (Fsp3) is 1.00. The highest BCUT2D eigenvalue weighted by Crippen LogP contribution is 2.42. The molecule has 1 nitrogen and oxygen atoms in total. The highest BCUT2D eigenvalue weighted by atomic mass is 127. The predicted molar refractivity (Wildman–Crippen MR) is 40.5 cm³/mol. The molecule has 9 heteroatoms. The standard InChI is InChI=1S/C5H4F7IO/c6-3(1-2-13,4(7,8)9)14-5(10,11)12/h1-2H2/t3-/m0/s1. The number of hydrogen-bond acceptors (Lipinski definition) is 1. The minimum absolute atomic E-state index is 0.455. The van der Waals surface area contributed by atoms with Crippen LogP contribution < -0.4 is 0 Å². The van der Waals surface area contributed by atoms with Crippen molar-refractivity contribution in [1.29, 1.82) is 0 Å². The number of hydrogen-bond donors (Lipinski definition) is 0. The predicted octanol–water partition coefficient (Wildman–Crippen LogP) is 3.58. The normalized spacial score (nSPS) is 18.0. The van der Waals surface area contributed by atoms with Crippen LogP contribution in [-0.2, 0) is 4.74 Å². The summed E-state index contributed by atoms with van der Waals surface area (Å²) in [6.45, 7) is 0. The number of alkyl halides is 8. The van der Waals surface area contributed by atoms with Crippen molar-refractivity contribution in [3.63, 3.8) is 0 Å². The highest BCUT2D eigenvalue weighted by molar-refractivity contribution is 14.1. The summed E-state index contributed by atoms with van der Waals surface area (Å²) in [7, 11) is 0. The van der Waals surface area contributed by atoms with E-state index < -0.39 is 29.2 Å². The van der Waals surface area contributed by atoms with E-state index in [-0.39, 0.29) is 0 Å². The van der Waals surface area contributed by atoms with Crippen molar-refractivity contribution in [3.05, 3.63) is 0 Å². The first kappa shape index (κ1) is 14.2. The second kappa shape index (κ2) is 4.37. The number of ether oxygens (including phenoxy) is 1. The summed E-state index contributed by atoms with van der Waals surface area (Å²) in [5.41, 5.74) is 0. The van der Waals surface area contributed by atoms with Gasteiger partial charge in [-0.3, -0.25) is 0 Å². The summed E-state index contributed by atoms with van der Waals surface area (Å²) in [6.07, 6.45) is -12.8. The molecule has 0 radical (unpaired) electrons. The maximum atomic E-state index is 12.7. The summed E-state index contributed by atoms with van der Waals surface area (Å²) >= 11 is 1.32. The van der Waals surface area contributed by atoms with Gasteiger partial charge in [-0.25, -0.2) is 9.13 Å². The lowest BCUT2D eigenvalue weighted by Crippen LogP contribution is -2.47. The molecule has 0 aliphatic rings. The smallest absolute Gasteiger partial charge is 0.245 e. The van der Waals surface area contributed by atoms with E-state index in [0.717, 1.165) is 0 Å². The van der Waals surface area contributed by atoms with Gasteiger partial charge in [-0.15, -0.1) is 13.2 Å². The van der Waals surface area contributed by atoms with Crippen molar-refractivity contribution in [2.24, 2.45) is 0 Å². The average Bonchev–Trinajstić information content (AvgIpc) is 1.79. The van der Waals surface area contributed by atoms with Crippen molar-refractivity contribution < 1.29 is 35.5 Å². The largest absolute Gasteiger partial charge is 0.525 e. The molecule has 0 heterocycles. The van der Waals surface area contributed by atoms with Gasteiger partial charge in [0.25, 0.3) is 0 Å². The zero-order valence-electron chi connectivity index (χ0n) is 6.35. The maximum absolute atomic E-state index is 12.7. The molecule has 0 saturated heterocycles. The first-order valence-electron chi connectivity index (χ1n) is 3.10. The van der Waals surface area contributed by atoms with E-state index in [9.17, 15) is 30.7 Å². The van der Waals surface area contributed by atoms with Crippen LogP contribution in [0.15, 0.2) is 0 Å². The molecule has 0 aliphatic carbocycles. The molecule has 0 aromatic rings. The Morgan fingerprint density at radius 3 is 1.57 bits per heavy atom. The van der Waals surface area contributed by atoms with Crippen LogP contribution in [0, 0.1) is 0 Å². The molecule has 0 fully saturated rings. The molecule has 14 heavy (non-hydrogen) atoms. The third kappa shape index (κ3) is 4.15. The first-order valence-corrected chi connectivity index (χ1v) is 4.63. The van der Waals surface area contributed by atoms with Gasteiger partial charge in [-0.05, 0) is 0 Å². The number of halogens is 8. The lowest BCUT2D eigenvalue weighted by Gasteiger charge is -2.27. The summed E-state index contributed by atoms with van der Waals surface area (Å²) in [5.74, 6) is -4.66. The molecule has 0 rings (SSSR count). The number of rotatable bonds is 3. The van der Waals surface area contributed by atoms with E-state index in [0.29, 0.717) is 0 Å². The molecule has 0 spiro atoms. The van der Waals surface area contributed by atoms with Gasteiger partial charge in [0.1, 0.15) is 0 Å². The molecule has 0 unspecified atom stereocenters. The summed E-state index contributed by atoms with van der Waals surface area (Å²) in [6, 6.07) is 0. The second-order valence-corrected chi connectivity index (χ2v) is 3.29. The van der Waals surface area contributed by atoms with Crippen molar-refractivity contribution in [2.45, 2.75) is 24.8 Å². The van der Waals surface area contributed by atoms with E-state index in [1.165, 1.54) is 22.6 Å². The highest BCUT2D eigenvalue weighted by Gasteiger charge is 2.61. The zero-order chi connectivity index (χ0) is 11.6. The van der Waals surface area contributed by atoms with Crippen LogP contribution in [-0.4, -0.2) is 22.8 Å². The van der Waals surface area contributed by atoms with E-state index in [1.807, 2.05) is 0 Å². The molecular formula is C5H4F7IO. The van der Waals surface area contributed by atoms with E-state index >= 15 is 0 Å². The van der Waals surface area contributed by atoms with Gasteiger partial charge in [0.2, 0.25) is 0 Å². The molecule has 1 atom stereocenters. The Labute approximate surface area is 87.7 Å². The van der Waals surface area contributed by atoms with Gasteiger partial charge >= 0.3 is 18.4 Å². The lowest BCUT2D eigenvalue weighted by molar-refractivity contribution is -0.447. The topological polar surface area (TPSA) is 9.23 Å². The Kier molecular flexibility index (Phi) is 4.43. The van der Waals surface area contributed by atoms with Gasteiger partial charge in [0, 0.05) is 10.8 Å². The lowest BCUT2D eigenvalue weighted by atomic mass is 10.2. The van der Waals surface area contributed by atoms with Gasteiger partial charge in [0.05, 0.1) is 0 Å². The van der Waals surface area contributed by atoms with Gasteiger partial charge < -0.3 is 0 Å². The van der Waals surface area contributed by atoms with Crippen molar-refractivity contribution in [3.8, 4) is 0 Å². The molecule has 0 aromatic heterocycles. The van der Waals surface area contributed by atoms with Crippen LogP contribution in [0.5, 0.6) is 0 Å². The van der Waals surface area contributed by atoms with Crippen molar-refractivity contribution >= 4 is 22.6 Å². The molecular weight excluding hydrogens is 336 g/mol. The van der Waals surface area contributed by atoms with Crippen LogP contribution in [0.1, 0.15) is 6.42 Å². The quantitative estimate of drug-likeness (QED) is 0.434. The third-order valence-corrected chi connectivity index (χ3v) is 1.66. The van der Waals surface area contributed by atoms with Crippen LogP contribution in [0.2, 0.25) is 0 Å². The Balaban J connectivity index is 4.74. The Hall–Kier alpha value is 0.200. The van der Waals surface area contributed by atoms with Crippen LogP contribution in [0.25, 0.3) is 0 Å². The van der Waals surface area contributed by atoms with Gasteiger partial charge in [-0.2, -0.15) is 13.2 Å². The van der Waals surface area contributed by atoms with E-state index in [4.69, 9.17) is 0 Å². The maximum Gasteiger partial charge on any atom is 0.525 e. The third-order valence-electron chi connectivity index (χ3n) is 1.12. The minimum atomic E-state index is -5.70. The summed E-state index contributed by atoms with van der Waals surface area (Å²) < 4.78 is 84.5. The average molecular weight is 340 g/mol. The Morgan fingerprint density at radius 2 is 1.36 bits per heavy atom.